The molecular weight excluding hydrogens is 258 g/mol. The molecule has 0 radical (unpaired) electrons. The molecule has 0 spiro atoms. The van der Waals surface area contributed by atoms with E-state index in [9.17, 15) is 0 Å². The first-order valence-corrected chi connectivity index (χ1v) is 6.93. The van der Waals surface area contributed by atoms with E-state index in [4.69, 9.17) is 5.11 Å². The predicted octanol–water partition coefficient (Wildman–Crippen LogP) is 1.84. The quantitative estimate of drug-likeness (QED) is 0.682. The highest BCUT2D eigenvalue weighted by atomic mass is 32.2. The summed E-state index contributed by atoms with van der Waals surface area (Å²) >= 11 is 1.65. The molecule has 98 valence electrons. The Balaban J connectivity index is 2.00. The van der Waals surface area contributed by atoms with Gasteiger partial charge in [0, 0.05) is 24.8 Å². The topological polar surface area (TPSA) is 50.9 Å². The zero-order valence-electron chi connectivity index (χ0n) is 10.7. The summed E-state index contributed by atoms with van der Waals surface area (Å²) in [6.07, 6.45) is 2.21. The van der Waals surface area contributed by atoms with Crippen molar-refractivity contribution < 1.29 is 5.11 Å². The standard InChI is InChI=1S/C14H15N3OS/c1-17-11-15-16-14(17)19-10-13-7-4-6-12(9-13)5-2-3-8-18/h4,6-7,9,11,18H,3,8,10H2,1H3. The van der Waals surface area contributed by atoms with Crippen LogP contribution in [0.5, 0.6) is 0 Å². The Kier molecular flexibility index (Phi) is 5.01. The summed E-state index contributed by atoms with van der Waals surface area (Å²) in [5, 5.41) is 17.5. The Morgan fingerprint density at radius 2 is 2.32 bits per heavy atom. The summed E-state index contributed by atoms with van der Waals surface area (Å²) in [7, 11) is 1.93. The lowest BCUT2D eigenvalue weighted by Gasteiger charge is -2.01. The third-order valence-corrected chi connectivity index (χ3v) is 3.54. The smallest absolute Gasteiger partial charge is 0.191 e. The van der Waals surface area contributed by atoms with Gasteiger partial charge < -0.3 is 9.67 Å². The van der Waals surface area contributed by atoms with E-state index in [1.807, 2.05) is 23.7 Å². The van der Waals surface area contributed by atoms with E-state index in [2.05, 4.69) is 34.2 Å². The van der Waals surface area contributed by atoms with E-state index in [0.717, 1.165) is 16.5 Å². The van der Waals surface area contributed by atoms with Crippen LogP contribution in [0.4, 0.5) is 0 Å². The van der Waals surface area contributed by atoms with Crippen LogP contribution in [0.3, 0.4) is 0 Å². The number of rotatable bonds is 4. The molecule has 2 rings (SSSR count). The van der Waals surface area contributed by atoms with Crippen LogP contribution >= 0.6 is 11.8 Å². The van der Waals surface area contributed by atoms with Crippen molar-refractivity contribution in [3.8, 4) is 11.8 Å². The molecule has 0 saturated carbocycles. The number of benzene rings is 1. The molecule has 1 N–H and O–H groups in total. The molecule has 5 heteroatoms. The van der Waals surface area contributed by atoms with E-state index >= 15 is 0 Å². The van der Waals surface area contributed by atoms with Crippen molar-refractivity contribution in [2.45, 2.75) is 17.3 Å². The molecule has 0 amide bonds. The van der Waals surface area contributed by atoms with Gasteiger partial charge in [-0.1, -0.05) is 35.7 Å². The molecule has 0 atom stereocenters. The number of hydrogen-bond acceptors (Lipinski definition) is 4. The van der Waals surface area contributed by atoms with Crippen molar-refractivity contribution in [2.24, 2.45) is 7.05 Å². The third-order valence-electron chi connectivity index (χ3n) is 2.43. The summed E-state index contributed by atoms with van der Waals surface area (Å²) in [6, 6.07) is 8.10. The molecule has 2 aromatic rings. The molecule has 0 unspecified atom stereocenters. The van der Waals surface area contributed by atoms with Crippen LogP contribution < -0.4 is 0 Å². The zero-order chi connectivity index (χ0) is 13.5. The summed E-state index contributed by atoms with van der Waals surface area (Å²) in [5.41, 5.74) is 2.17. The molecule has 0 aliphatic heterocycles. The largest absolute Gasteiger partial charge is 0.395 e. The highest BCUT2D eigenvalue weighted by molar-refractivity contribution is 7.98. The average molecular weight is 273 g/mol. The van der Waals surface area contributed by atoms with Gasteiger partial charge in [0.1, 0.15) is 6.33 Å². The summed E-state index contributed by atoms with van der Waals surface area (Å²) in [6.45, 7) is 0.106. The van der Waals surface area contributed by atoms with Crippen LogP contribution in [0.2, 0.25) is 0 Å². The predicted molar refractivity (Wildman–Crippen MR) is 75.6 cm³/mol. The fourth-order valence-corrected chi connectivity index (χ4v) is 2.34. The van der Waals surface area contributed by atoms with Gasteiger partial charge >= 0.3 is 0 Å². The van der Waals surface area contributed by atoms with Gasteiger partial charge in [0.05, 0.1) is 6.61 Å². The second-order valence-electron chi connectivity index (χ2n) is 3.99. The van der Waals surface area contributed by atoms with Crippen LogP contribution in [0.1, 0.15) is 17.5 Å². The molecule has 0 bridgehead atoms. The van der Waals surface area contributed by atoms with Crippen LogP contribution in [-0.4, -0.2) is 26.5 Å². The van der Waals surface area contributed by atoms with Gasteiger partial charge in [0.25, 0.3) is 0 Å². The van der Waals surface area contributed by atoms with Crippen LogP contribution in [-0.2, 0) is 12.8 Å². The summed E-state index contributed by atoms with van der Waals surface area (Å²) in [4.78, 5) is 0. The maximum Gasteiger partial charge on any atom is 0.191 e. The maximum atomic E-state index is 8.69. The molecule has 1 aromatic heterocycles. The van der Waals surface area contributed by atoms with Crippen LogP contribution in [0.15, 0.2) is 35.7 Å². The van der Waals surface area contributed by atoms with Crippen molar-refractivity contribution in [2.75, 3.05) is 6.61 Å². The number of aliphatic hydroxyl groups excluding tert-OH is 1. The van der Waals surface area contributed by atoms with E-state index in [-0.39, 0.29) is 6.61 Å². The molecule has 1 heterocycles. The van der Waals surface area contributed by atoms with E-state index in [0.29, 0.717) is 6.42 Å². The lowest BCUT2D eigenvalue weighted by atomic mass is 10.1. The molecule has 1 aromatic carbocycles. The average Bonchev–Trinajstić information content (AvgIpc) is 2.83. The van der Waals surface area contributed by atoms with Gasteiger partial charge in [0.2, 0.25) is 0 Å². The highest BCUT2D eigenvalue weighted by Crippen LogP contribution is 2.20. The zero-order valence-corrected chi connectivity index (χ0v) is 11.5. The number of aromatic nitrogens is 3. The Morgan fingerprint density at radius 1 is 1.42 bits per heavy atom. The van der Waals surface area contributed by atoms with Crippen molar-refractivity contribution in [1.82, 2.24) is 14.8 Å². The Morgan fingerprint density at radius 3 is 3.05 bits per heavy atom. The Labute approximate surface area is 116 Å². The maximum absolute atomic E-state index is 8.69. The SMILES string of the molecule is Cn1cnnc1SCc1cccc(C#CCCO)c1. The number of aliphatic hydroxyl groups is 1. The van der Waals surface area contributed by atoms with Gasteiger partial charge in [0.15, 0.2) is 5.16 Å². The second kappa shape index (κ2) is 6.98. The minimum atomic E-state index is 0.106. The van der Waals surface area contributed by atoms with Crippen molar-refractivity contribution >= 4 is 11.8 Å². The minimum absolute atomic E-state index is 0.106. The number of hydrogen-bond donors (Lipinski definition) is 1. The molecule has 0 fully saturated rings. The van der Waals surface area contributed by atoms with Crippen molar-refractivity contribution in [3.63, 3.8) is 0 Å². The number of nitrogens with zero attached hydrogens (tertiary/aromatic N) is 3. The molecule has 0 aliphatic carbocycles. The molecule has 0 saturated heterocycles. The first-order chi connectivity index (χ1) is 9.29. The third kappa shape index (κ3) is 4.12. The molecule has 19 heavy (non-hydrogen) atoms. The van der Waals surface area contributed by atoms with Gasteiger partial charge in [-0.25, -0.2) is 0 Å². The molecule has 4 nitrogen and oxygen atoms in total. The van der Waals surface area contributed by atoms with Crippen molar-refractivity contribution in [3.05, 3.63) is 41.7 Å². The van der Waals surface area contributed by atoms with Crippen LogP contribution in [0, 0.1) is 11.8 Å². The minimum Gasteiger partial charge on any atom is -0.395 e. The monoisotopic (exact) mass is 273 g/mol. The molecule has 0 aliphatic rings. The van der Waals surface area contributed by atoms with Gasteiger partial charge in [-0.2, -0.15) is 0 Å². The summed E-state index contributed by atoms with van der Waals surface area (Å²) in [5.74, 6) is 6.80. The normalized spacial score (nSPS) is 10.0. The molecular formula is C14H15N3OS. The fourth-order valence-electron chi connectivity index (χ4n) is 1.51. The highest BCUT2D eigenvalue weighted by Gasteiger charge is 2.02. The Bertz CT molecular complexity index is 598. The van der Waals surface area contributed by atoms with Gasteiger partial charge in [-0.15, -0.1) is 10.2 Å². The fraction of sp³-hybridized carbons (Fsp3) is 0.286. The van der Waals surface area contributed by atoms with Gasteiger partial charge in [-0.05, 0) is 17.7 Å². The van der Waals surface area contributed by atoms with E-state index in [1.54, 1.807) is 18.1 Å². The Hall–Kier alpha value is -1.77. The van der Waals surface area contributed by atoms with E-state index in [1.165, 1.54) is 5.56 Å². The van der Waals surface area contributed by atoms with E-state index < -0.39 is 0 Å². The second-order valence-corrected chi connectivity index (χ2v) is 4.93. The van der Waals surface area contributed by atoms with Gasteiger partial charge in [-0.3, -0.25) is 0 Å². The first kappa shape index (κ1) is 13.7. The summed E-state index contributed by atoms with van der Waals surface area (Å²) < 4.78 is 1.90. The van der Waals surface area contributed by atoms with Crippen LogP contribution in [0.25, 0.3) is 0 Å². The number of thioether (sulfide) groups is 1. The first-order valence-electron chi connectivity index (χ1n) is 5.95. The van der Waals surface area contributed by atoms with Crippen molar-refractivity contribution in [1.29, 1.82) is 0 Å². The lowest BCUT2D eigenvalue weighted by molar-refractivity contribution is 0.305. The lowest BCUT2D eigenvalue weighted by Crippen LogP contribution is -1.90. The number of aryl methyl sites for hydroxylation is 1.